The first kappa shape index (κ1) is 11.2. The van der Waals surface area contributed by atoms with Crippen LogP contribution >= 0.6 is 0 Å². The lowest BCUT2D eigenvalue weighted by atomic mass is 11.8. The minimum Gasteiger partial charge on any atom is -0.431 e. The predicted octanol–water partition coefficient (Wildman–Crippen LogP) is 0.868. The minimum atomic E-state index is -0.611. The second-order valence-corrected chi connectivity index (χ2v) is 10.2. The average molecular weight is 150 g/mol. The van der Waals surface area contributed by atoms with Crippen LogP contribution in [-0.2, 0) is 4.43 Å². The van der Waals surface area contributed by atoms with Gasteiger partial charge in [-0.05, 0) is 0 Å². The van der Waals surface area contributed by atoms with Crippen molar-refractivity contribution in [2.45, 2.75) is 26.2 Å². The molecule has 0 aromatic carbocycles. The van der Waals surface area contributed by atoms with Crippen LogP contribution in [0.5, 0.6) is 0 Å². The largest absolute Gasteiger partial charge is 0.431 e. The van der Waals surface area contributed by atoms with E-state index in [1.54, 1.807) is 7.11 Å². The van der Waals surface area contributed by atoms with Crippen molar-refractivity contribution in [3.8, 4) is 0 Å². The highest BCUT2D eigenvalue weighted by atomic mass is 28.3. The van der Waals surface area contributed by atoms with E-state index in [0.29, 0.717) is 0 Å². The monoisotopic (exact) mass is 150 g/mol. The molecule has 0 saturated heterocycles. The van der Waals surface area contributed by atoms with Crippen LogP contribution < -0.4 is 0 Å². The van der Waals surface area contributed by atoms with Crippen LogP contribution in [-0.4, -0.2) is 25.7 Å². The SMILES string of the molecule is CO[SiH3].C[Si](C)(C)C. The van der Waals surface area contributed by atoms with Gasteiger partial charge in [-0.15, -0.1) is 0 Å². The maximum atomic E-state index is 4.39. The van der Waals surface area contributed by atoms with Gasteiger partial charge in [0.1, 0.15) is 10.5 Å². The maximum Gasteiger partial charge on any atom is 0.145 e. The van der Waals surface area contributed by atoms with Crippen molar-refractivity contribution in [3.05, 3.63) is 0 Å². The molecule has 1 nitrogen and oxygen atoms in total. The van der Waals surface area contributed by atoms with E-state index in [0.717, 1.165) is 10.5 Å². The van der Waals surface area contributed by atoms with Crippen LogP contribution in [0.15, 0.2) is 0 Å². The molecule has 0 aliphatic heterocycles. The lowest BCUT2D eigenvalue weighted by Crippen LogP contribution is -2.10. The summed E-state index contributed by atoms with van der Waals surface area (Å²) >= 11 is 0. The normalized spacial score (nSPS) is 10.1. The van der Waals surface area contributed by atoms with Crippen LogP contribution in [0.2, 0.25) is 26.2 Å². The van der Waals surface area contributed by atoms with Crippen molar-refractivity contribution < 1.29 is 4.43 Å². The lowest BCUT2D eigenvalue weighted by Gasteiger charge is -2.01. The van der Waals surface area contributed by atoms with E-state index in [9.17, 15) is 0 Å². The van der Waals surface area contributed by atoms with Gasteiger partial charge in [-0.2, -0.15) is 0 Å². The molecule has 0 rings (SSSR count). The average Bonchev–Trinajstić information content (AvgIpc) is 1.27. The molecule has 3 heteroatoms. The standard InChI is InChI=1S/C4H12Si.CH6OSi/c1-5(2,3)4;1-2-3/h1-4H3;1,3H3. The van der Waals surface area contributed by atoms with Gasteiger partial charge in [0.2, 0.25) is 0 Å². The first-order valence-corrected chi connectivity index (χ1v) is 7.63. The molecular formula is C5H18OSi2. The molecule has 8 heavy (non-hydrogen) atoms. The molecule has 0 aliphatic rings. The van der Waals surface area contributed by atoms with Crippen LogP contribution in [0.25, 0.3) is 0 Å². The van der Waals surface area contributed by atoms with Gasteiger partial charge in [0.25, 0.3) is 0 Å². The predicted molar refractivity (Wildman–Crippen MR) is 46.2 cm³/mol. The summed E-state index contributed by atoms with van der Waals surface area (Å²) in [5, 5.41) is 0. The van der Waals surface area contributed by atoms with Crippen molar-refractivity contribution in [2.75, 3.05) is 7.11 Å². The van der Waals surface area contributed by atoms with Crippen molar-refractivity contribution in [1.82, 2.24) is 0 Å². The zero-order valence-electron chi connectivity index (χ0n) is 6.91. The lowest BCUT2D eigenvalue weighted by molar-refractivity contribution is 0.460. The first-order valence-electron chi connectivity index (χ1n) is 2.82. The molecule has 0 saturated carbocycles. The maximum absolute atomic E-state index is 4.39. The molecule has 0 bridgehead atoms. The third-order valence-electron chi connectivity index (χ3n) is 0. The van der Waals surface area contributed by atoms with E-state index in [1.807, 2.05) is 0 Å². The van der Waals surface area contributed by atoms with Gasteiger partial charge in [0, 0.05) is 15.2 Å². The summed E-state index contributed by atoms with van der Waals surface area (Å²) in [6, 6.07) is 0. The van der Waals surface area contributed by atoms with Gasteiger partial charge in [-0.1, -0.05) is 26.2 Å². The molecule has 0 radical (unpaired) electrons. The Kier molecular flexibility index (Phi) is 7.76. The Morgan fingerprint density at radius 1 is 1.12 bits per heavy atom. The Morgan fingerprint density at radius 3 is 1.12 bits per heavy atom. The molecule has 0 N–H and O–H groups in total. The highest BCUT2D eigenvalue weighted by Crippen LogP contribution is 1.94. The molecule has 0 aromatic heterocycles. The summed E-state index contributed by atoms with van der Waals surface area (Å²) in [7, 11) is 1.94. The number of hydrogen-bond donors (Lipinski definition) is 0. The van der Waals surface area contributed by atoms with Gasteiger partial charge in [0.15, 0.2) is 0 Å². The Morgan fingerprint density at radius 2 is 1.12 bits per heavy atom. The topological polar surface area (TPSA) is 9.23 Å². The molecule has 0 aromatic rings. The summed E-state index contributed by atoms with van der Waals surface area (Å²) in [6.45, 7) is 9.31. The van der Waals surface area contributed by atoms with Gasteiger partial charge < -0.3 is 4.43 Å². The molecule has 0 spiro atoms. The van der Waals surface area contributed by atoms with Crippen LogP contribution in [0, 0.1) is 0 Å². The Labute approximate surface area is 57.0 Å². The van der Waals surface area contributed by atoms with Crippen molar-refractivity contribution in [3.63, 3.8) is 0 Å². The van der Waals surface area contributed by atoms with E-state index >= 15 is 0 Å². The first-order chi connectivity index (χ1) is 3.41. The molecule has 0 fully saturated rings. The van der Waals surface area contributed by atoms with E-state index in [4.69, 9.17) is 0 Å². The summed E-state index contributed by atoms with van der Waals surface area (Å²) in [5.41, 5.74) is 0. The van der Waals surface area contributed by atoms with Gasteiger partial charge >= 0.3 is 0 Å². The summed E-state index contributed by atoms with van der Waals surface area (Å²) in [6.07, 6.45) is 0. The van der Waals surface area contributed by atoms with E-state index in [2.05, 4.69) is 30.6 Å². The zero-order chi connectivity index (χ0) is 7.21. The quantitative estimate of drug-likeness (QED) is 0.466. The van der Waals surface area contributed by atoms with Crippen LogP contribution in [0.3, 0.4) is 0 Å². The van der Waals surface area contributed by atoms with Crippen LogP contribution in [0.1, 0.15) is 0 Å². The van der Waals surface area contributed by atoms with Gasteiger partial charge in [0.05, 0.1) is 0 Å². The third kappa shape index (κ3) is 1200. The third-order valence-corrected chi connectivity index (χ3v) is 0. The summed E-state index contributed by atoms with van der Waals surface area (Å²) < 4.78 is 4.39. The fourth-order valence-corrected chi connectivity index (χ4v) is 0. The Bertz CT molecular complexity index is 34.2. The number of hydrogen-bond acceptors (Lipinski definition) is 1. The summed E-state index contributed by atoms with van der Waals surface area (Å²) in [4.78, 5) is 0. The highest BCUT2D eigenvalue weighted by Gasteiger charge is 1.99. The van der Waals surface area contributed by atoms with Crippen molar-refractivity contribution >= 4 is 18.6 Å². The van der Waals surface area contributed by atoms with E-state index in [-0.39, 0.29) is 0 Å². The number of rotatable bonds is 0. The molecule has 52 valence electrons. The Balaban J connectivity index is 0. The molecular weight excluding hydrogens is 132 g/mol. The second kappa shape index (κ2) is 5.53. The fourth-order valence-electron chi connectivity index (χ4n) is 0. The second-order valence-electron chi connectivity index (χ2n) is 3.41. The molecule has 0 heterocycles. The fraction of sp³-hybridized carbons (Fsp3) is 1.00. The highest BCUT2D eigenvalue weighted by molar-refractivity contribution is 6.74. The Hall–Kier alpha value is 0.394. The molecule has 0 unspecified atom stereocenters. The minimum absolute atomic E-state index is 0.611. The molecule has 0 amide bonds. The van der Waals surface area contributed by atoms with E-state index in [1.165, 1.54) is 0 Å². The smallest absolute Gasteiger partial charge is 0.145 e. The van der Waals surface area contributed by atoms with Crippen LogP contribution in [0.4, 0.5) is 0 Å². The van der Waals surface area contributed by atoms with Gasteiger partial charge in [-0.25, -0.2) is 0 Å². The van der Waals surface area contributed by atoms with Crippen molar-refractivity contribution in [1.29, 1.82) is 0 Å². The molecule has 0 atom stereocenters. The summed E-state index contributed by atoms with van der Waals surface area (Å²) in [5.74, 6) is 0. The van der Waals surface area contributed by atoms with Gasteiger partial charge in [-0.3, -0.25) is 0 Å². The van der Waals surface area contributed by atoms with E-state index < -0.39 is 8.07 Å². The zero-order valence-corrected chi connectivity index (χ0v) is 9.91. The molecule has 0 aliphatic carbocycles. The van der Waals surface area contributed by atoms with Crippen molar-refractivity contribution in [2.24, 2.45) is 0 Å².